The molecule has 0 heterocycles. The quantitative estimate of drug-likeness (QED) is 0.734. The van der Waals surface area contributed by atoms with Gasteiger partial charge in [-0.05, 0) is 32.4 Å². The Labute approximate surface area is 95.0 Å². The second kappa shape index (κ2) is 6.46. The van der Waals surface area contributed by atoms with E-state index in [4.69, 9.17) is 10.5 Å². The highest BCUT2D eigenvalue weighted by Gasteiger charge is 2.21. The topological polar surface area (TPSA) is 38.5 Å². The van der Waals surface area contributed by atoms with Gasteiger partial charge >= 0.3 is 0 Å². The summed E-state index contributed by atoms with van der Waals surface area (Å²) in [7, 11) is 3.87. The number of hydrogen-bond donors (Lipinski definition) is 1. The van der Waals surface area contributed by atoms with E-state index >= 15 is 0 Å². The summed E-state index contributed by atoms with van der Waals surface area (Å²) in [5.41, 5.74) is 6.31. The van der Waals surface area contributed by atoms with Crippen molar-refractivity contribution >= 4 is 0 Å². The van der Waals surface area contributed by atoms with Crippen molar-refractivity contribution in [3.05, 3.63) is 0 Å². The lowest BCUT2D eigenvalue weighted by atomic mass is 9.85. The molecule has 0 aromatic carbocycles. The first kappa shape index (κ1) is 14.9. The SMILES string of the molecule is COCC(C)N(C)CCC(N)C(C)(C)C. The highest BCUT2D eigenvalue weighted by molar-refractivity contribution is 4.78. The third kappa shape index (κ3) is 6.13. The first-order chi connectivity index (χ1) is 6.79. The molecule has 2 N–H and O–H groups in total. The molecule has 0 aliphatic heterocycles. The van der Waals surface area contributed by atoms with Crippen LogP contribution in [0.15, 0.2) is 0 Å². The molecule has 0 aliphatic carbocycles. The summed E-state index contributed by atoms with van der Waals surface area (Å²) in [6.45, 7) is 10.6. The lowest BCUT2D eigenvalue weighted by Gasteiger charge is -2.30. The van der Waals surface area contributed by atoms with E-state index in [1.165, 1.54) is 0 Å². The molecule has 3 nitrogen and oxygen atoms in total. The number of likely N-dealkylation sites (N-methyl/N-ethyl adjacent to an activating group) is 1. The van der Waals surface area contributed by atoms with Crippen LogP contribution in [0.3, 0.4) is 0 Å². The first-order valence-corrected chi connectivity index (χ1v) is 5.73. The molecule has 0 saturated carbocycles. The zero-order valence-corrected chi connectivity index (χ0v) is 11.2. The van der Waals surface area contributed by atoms with Crippen LogP contribution < -0.4 is 5.73 Å². The normalized spacial score (nSPS) is 16.8. The van der Waals surface area contributed by atoms with Crippen LogP contribution in [0.25, 0.3) is 0 Å². The second-order valence-electron chi connectivity index (χ2n) is 5.55. The molecule has 0 amide bonds. The molecule has 0 saturated heterocycles. The summed E-state index contributed by atoms with van der Waals surface area (Å²) in [5.74, 6) is 0. The average molecular weight is 216 g/mol. The zero-order chi connectivity index (χ0) is 12.1. The largest absolute Gasteiger partial charge is 0.383 e. The van der Waals surface area contributed by atoms with Gasteiger partial charge in [-0.1, -0.05) is 20.8 Å². The zero-order valence-electron chi connectivity index (χ0n) is 11.2. The molecule has 0 radical (unpaired) electrons. The van der Waals surface area contributed by atoms with Crippen molar-refractivity contribution in [2.24, 2.45) is 11.1 Å². The fraction of sp³-hybridized carbons (Fsp3) is 1.00. The van der Waals surface area contributed by atoms with Gasteiger partial charge in [0.2, 0.25) is 0 Å². The van der Waals surface area contributed by atoms with E-state index < -0.39 is 0 Å². The van der Waals surface area contributed by atoms with Gasteiger partial charge in [-0.25, -0.2) is 0 Å². The Morgan fingerprint density at radius 1 is 1.33 bits per heavy atom. The van der Waals surface area contributed by atoms with Crippen LogP contribution in [0.1, 0.15) is 34.1 Å². The Kier molecular flexibility index (Phi) is 6.41. The summed E-state index contributed by atoms with van der Waals surface area (Å²) in [6.07, 6.45) is 1.04. The fourth-order valence-corrected chi connectivity index (χ4v) is 1.36. The minimum absolute atomic E-state index is 0.200. The Morgan fingerprint density at radius 3 is 2.27 bits per heavy atom. The molecule has 0 aromatic heterocycles. The summed E-state index contributed by atoms with van der Waals surface area (Å²) in [4.78, 5) is 2.30. The van der Waals surface area contributed by atoms with Crippen molar-refractivity contribution in [3.8, 4) is 0 Å². The van der Waals surface area contributed by atoms with Gasteiger partial charge in [0.1, 0.15) is 0 Å². The van der Waals surface area contributed by atoms with Crippen molar-refractivity contribution in [3.63, 3.8) is 0 Å². The van der Waals surface area contributed by atoms with Crippen molar-refractivity contribution in [2.75, 3.05) is 27.3 Å². The highest BCUT2D eigenvalue weighted by atomic mass is 16.5. The lowest BCUT2D eigenvalue weighted by molar-refractivity contribution is 0.110. The molecule has 15 heavy (non-hydrogen) atoms. The minimum atomic E-state index is 0.200. The van der Waals surface area contributed by atoms with Gasteiger partial charge < -0.3 is 15.4 Å². The number of nitrogens with two attached hydrogens (primary N) is 1. The van der Waals surface area contributed by atoms with E-state index in [1.54, 1.807) is 7.11 Å². The number of nitrogens with zero attached hydrogens (tertiary/aromatic N) is 1. The third-order valence-electron chi connectivity index (χ3n) is 3.07. The van der Waals surface area contributed by atoms with Gasteiger partial charge in [0.25, 0.3) is 0 Å². The maximum Gasteiger partial charge on any atom is 0.0615 e. The Hall–Kier alpha value is -0.120. The smallest absolute Gasteiger partial charge is 0.0615 e. The second-order valence-corrected chi connectivity index (χ2v) is 5.55. The molecule has 92 valence electrons. The molecule has 0 aliphatic rings. The van der Waals surface area contributed by atoms with Crippen LogP contribution in [0.2, 0.25) is 0 Å². The molecule has 0 fully saturated rings. The standard InChI is InChI=1S/C12H28N2O/c1-10(9-15-6)14(5)8-7-11(13)12(2,3)4/h10-11H,7-9,13H2,1-6H3. The van der Waals surface area contributed by atoms with E-state index in [1.807, 2.05) is 0 Å². The fourth-order valence-electron chi connectivity index (χ4n) is 1.36. The Morgan fingerprint density at radius 2 is 1.87 bits per heavy atom. The van der Waals surface area contributed by atoms with E-state index in [-0.39, 0.29) is 11.5 Å². The van der Waals surface area contributed by atoms with Crippen molar-refractivity contribution < 1.29 is 4.74 Å². The van der Waals surface area contributed by atoms with Gasteiger partial charge in [0.05, 0.1) is 6.61 Å². The lowest BCUT2D eigenvalue weighted by Crippen LogP contribution is -2.40. The number of ether oxygens (including phenoxy) is 1. The number of rotatable bonds is 6. The Bertz CT molecular complexity index is 165. The minimum Gasteiger partial charge on any atom is -0.383 e. The molecule has 2 unspecified atom stereocenters. The first-order valence-electron chi connectivity index (χ1n) is 5.73. The summed E-state index contributed by atoms with van der Waals surface area (Å²) >= 11 is 0. The van der Waals surface area contributed by atoms with E-state index in [0.717, 1.165) is 19.6 Å². The molecular weight excluding hydrogens is 188 g/mol. The number of methoxy groups -OCH3 is 1. The monoisotopic (exact) mass is 216 g/mol. The van der Waals surface area contributed by atoms with E-state index in [2.05, 4.69) is 39.6 Å². The third-order valence-corrected chi connectivity index (χ3v) is 3.07. The maximum atomic E-state index is 6.12. The average Bonchev–Trinajstić information content (AvgIpc) is 2.12. The summed E-state index contributed by atoms with van der Waals surface area (Å²) in [5, 5.41) is 0. The molecule has 2 atom stereocenters. The predicted molar refractivity (Wildman–Crippen MR) is 66.0 cm³/mol. The number of hydrogen-bond acceptors (Lipinski definition) is 3. The van der Waals surface area contributed by atoms with Crippen molar-refractivity contribution in [2.45, 2.75) is 46.2 Å². The molecular formula is C12H28N2O. The summed E-state index contributed by atoms with van der Waals surface area (Å²) < 4.78 is 5.13. The summed E-state index contributed by atoms with van der Waals surface area (Å²) in [6, 6.07) is 0.719. The van der Waals surface area contributed by atoms with Gasteiger partial charge in [-0.3, -0.25) is 0 Å². The van der Waals surface area contributed by atoms with Crippen LogP contribution in [-0.2, 0) is 4.74 Å². The molecule has 0 aromatic rings. The van der Waals surface area contributed by atoms with Gasteiger partial charge in [-0.2, -0.15) is 0 Å². The van der Waals surface area contributed by atoms with Crippen molar-refractivity contribution in [1.82, 2.24) is 4.90 Å². The van der Waals surface area contributed by atoms with Crippen molar-refractivity contribution in [1.29, 1.82) is 0 Å². The molecule has 0 bridgehead atoms. The van der Waals surface area contributed by atoms with Crippen LogP contribution in [0.5, 0.6) is 0 Å². The van der Waals surface area contributed by atoms with Crippen LogP contribution in [-0.4, -0.2) is 44.3 Å². The highest BCUT2D eigenvalue weighted by Crippen LogP contribution is 2.19. The Balaban J connectivity index is 3.85. The van der Waals surface area contributed by atoms with Gasteiger partial charge in [0, 0.05) is 19.2 Å². The molecule has 0 rings (SSSR count). The van der Waals surface area contributed by atoms with E-state index in [0.29, 0.717) is 6.04 Å². The van der Waals surface area contributed by atoms with Crippen LogP contribution in [0.4, 0.5) is 0 Å². The maximum absolute atomic E-state index is 6.12. The molecule has 3 heteroatoms. The van der Waals surface area contributed by atoms with Crippen LogP contribution in [0, 0.1) is 5.41 Å². The van der Waals surface area contributed by atoms with Gasteiger partial charge in [0.15, 0.2) is 0 Å². The van der Waals surface area contributed by atoms with Crippen LogP contribution >= 0.6 is 0 Å². The van der Waals surface area contributed by atoms with Gasteiger partial charge in [-0.15, -0.1) is 0 Å². The predicted octanol–water partition coefficient (Wildman–Crippen LogP) is 1.72. The molecule has 0 spiro atoms. The van der Waals surface area contributed by atoms with E-state index in [9.17, 15) is 0 Å².